The molecular formula is C17H20INOS. The van der Waals surface area contributed by atoms with E-state index in [1.807, 2.05) is 17.4 Å². The van der Waals surface area contributed by atoms with Gasteiger partial charge in [-0.1, -0.05) is 12.1 Å². The highest BCUT2D eigenvalue weighted by molar-refractivity contribution is 14.1. The molecule has 0 amide bonds. The zero-order valence-corrected chi connectivity index (χ0v) is 15.2. The van der Waals surface area contributed by atoms with Crippen LogP contribution < -0.4 is 10.1 Å². The molecule has 1 aromatic carbocycles. The number of rotatable bonds is 5. The molecule has 1 aliphatic carbocycles. The lowest BCUT2D eigenvalue weighted by Crippen LogP contribution is -2.26. The van der Waals surface area contributed by atoms with E-state index in [1.54, 1.807) is 17.6 Å². The maximum Gasteiger partial charge on any atom is 0.119 e. The molecule has 21 heavy (non-hydrogen) atoms. The van der Waals surface area contributed by atoms with Crippen molar-refractivity contribution in [3.63, 3.8) is 0 Å². The minimum Gasteiger partial charge on any atom is -0.497 e. The monoisotopic (exact) mass is 413 g/mol. The highest BCUT2D eigenvalue weighted by atomic mass is 127. The van der Waals surface area contributed by atoms with Crippen molar-refractivity contribution in [2.24, 2.45) is 0 Å². The summed E-state index contributed by atoms with van der Waals surface area (Å²) >= 11 is 4.40. The fraction of sp³-hybridized carbons (Fsp3) is 0.412. The third-order valence-electron chi connectivity index (χ3n) is 4.02. The van der Waals surface area contributed by atoms with Gasteiger partial charge >= 0.3 is 0 Å². The fourth-order valence-electron chi connectivity index (χ4n) is 2.95. The Morgan fingerprint density at radius 2 is 2.29 bits per heavy atom. The van der Waals surface area contributed by atoms with Crippen LogP contribution in [0, 0.1) is 2.88 Å². The van der Waals surface area contributed by atoms with E-state index in [9.17, 15) is 0 Å². The summed E-state index contributed by atoms with van der Waals surface area (Å²) in [6.45, 7) is 1.02. The first-order valence-corrected chi connectivity index (χ1v) is 9.30. The predicted octanol–water partition coefficient (Wildman–Crippen LogP) is 4.57. The molecule has 0 saturated heterocycles. The minimum atomic E-state index is 0.541. The van der Waals surface area contributed by atoms with E-state index in [4.69, 9.17) is 4.74 Å². The van der Waals surface area contributed by atoms with Gasteiger partial charge in [0.15, 0.2) is 0 Å². The first-order valence-electron chi connectivity index (χ1n) is 7.40. The van der Waals surface area contributed by atoms with Crippen molar-refractivity contribution in [2.75, 3.05) is 13.7 Å². The van der Waals surface area contributed by atoms with E-state index in [0.29, 0.717) is 6.04 Å². The predicted molar refractivity (Wildman–Crippen MR) is 97.4 cm³/mol. The van der Waals surface area contributed by atoms with Gasteiger partial charge in [-0.15, -0.1) is 11.3 Å². The number of halogens is 1. The summed E-state index contributed by atoms with van der Waals surface area (Å²) in [5, 5.41) is 3.74. The van der Waals surface area contributed by atoms with E-state index >= 15 is 0 Å². The molecular weight excluding hydrogens is 393 g/mol. The van der Waals surface area contributed by atoms with Crippen LogP contribution in [-0.4, -0.2) is 13.7 Å². The van der Waals surface area contributed by atoms with Crippen LogP contribution in [0.5, 0.6) is 5.75 Å². The minimum absolute atomic E-state index is 0.541. The number of fused-ring (bicyclic) bond motifs is 1. The van der Waals surface area contributed by atoms with Gasteiger partial charge in [0.1, 0.15) is 5.75 Å². The van der Waals surface area contributed by atoms with Crippen molar-refractivity contribution in [3.8, 4) is 5.75 Å². The van der Waals surface area contributed by atoms with E-state index < -0.39 is 0 Å². The SMILES string of the molecule is COc1cccc(CCNC2CCCc3sc(I)cc32)c1. The Labute approximate surface area is 144 Å². The van der Waals surface area contributed by atoms with Crippen molar-refractivity contribution in [3.05, 3.63) is 49.2 Å². The summed E-state index contributed by atoms with van der Waals surface area (Å²) < 4.78 is 6.70. The Bertz CT molecular complexity index is 611. The second-order valence-electron chi connectivity index (χ2n) is 5.43. The molecule has 1 atom stereocenters. The van der Waals surface area contributed by atoms with E-state index in [-0.39, 0.29) is 0 Å². The van der Waals surface area contributed by atoms with Crippen molar-refractivity contribution in [1.82, 2.24) is 5.32 Å². The van der Waals surface area contributed by atoms with Gasteiger partial charge in [0.05, 0.1) is 9.99 Å². The molecule has 0 bridgehead atoms. The largest absolute Gasteiger partial charge is 0.497 e. The lowest BCUT2D eigenvalue weighted by molar-refractivity contribution is 0.414. The van der Waals surface area contributed by atoms with Crippen LogP contribution in [-0.2, 0) is 12.8 Å². The summed E-state index contributed by atoms with van der Waals surface area (Å²) in [7, 11) is 1.72. The van der Waals surface area contributed by atoms with E-state index in [0.717, 1.165) is 18.7 Å². The number of hydrogen-bond acceptors (Lipinski definition) is 3. The number of aryl methyl sites for hydroxylation is 1. The number of methoxy groups -OCH3 is 1. The van der Waals surface area contributed by atoms with Crippen LogP contribution in [0.25, 0.3) is 0 Å². The molecule has 2 aromatic rings. The number of benzene rings is 1. The number of thiophene rings is 1. The van der Waals surface area contributed by atoms with Gasteiger partial charge in [-0.3, -0.25) is 0 Å². The molecule has 0 saturated carbocycles. The summed E-state index contributed by atoms with van der Waals surface area (Å²) in [5.41, 5.74) is 2.87. The highest BCUT2D eigenvalue weighted by Gasteiger charge is 2.21. The molecule has 0 aliphatic heterocycles. The molecule has 2 nitrogen and oxygen atoms in total. The van der Waals surface area contributed by atoms with Gasteiger partial charge < -0.3 is 10.1 Å². The first kappa shape index (κ1) is 15.3. The molecule has 4 heteroatoms. The molecule has 1 aromatic heterocycles. The molecule has 112 valence electrons. The van der Waals surface area contributed by atoms with Crippen molar-refractivity contribution < 1.29 is 4.74 Å². The lowest BCUT2D eigenvalue weighted by atomic mass is 9.94. The van der Waals surface area contributed by atoms with Gasteiger partial charge in [0, 0.05) is 10.9 Å². The smallest absolute Gasteiger partial charge is 0.119 e. The Morgan fingerprint density at radius 3 is 3.14 bits per heavy atom. The summed E-state index contributed by atoms with van der Waals surface area (Å²) in [6, 6.07) is 11.3. The zero-order valence-electron chi connectivity index (χ0n) is 12.2. The maximum atomic E-state index is 5.28. The second kappa shape index (κ2) is 7.11. The zero-order chi connectivity index (χ0) is 14.7. The Morgan fingerprint density at radius 1 is 1.38 bits per heavy atom. The van der Waals surface area contributed by atoms with E-state index in [2.05, 4.69) is 52.2 Å². The fourth-order valence-corrected chi connectivity index (χ4v) is 5.07. The van der Waals surface area contributed by atoms with Crippen LogP contribution in [0.15, 0.2) is 30.3 Å². The van der Waals surface area contributed by atoms with Crippen LogP contribution in [0.1, 0.15) is 34.9 Å². The molecule has 1 unspecified atom stereocenters. The highest BCUT2D eigenvalue weighted by Crippen LogP contribution is 2.36. The summed E-state index contributed by atoms with van der Waals surface area (Å²) in [6.07, 6.45) is 4.87. The van der Waals surface area contributed by atoms with Crippen molar-refractivity contribution >= 4 is 33.9 Å². The molecule has 1 aliphatic rings. The van der Waals surface area contributed by atoms with Gasteiger partial charge in [-0.2, -0.15) is 0 Å². The van der Waals surface area contributed by atoms with Gasteiger partial charge in [-0.25, -0.2) is 0 Å². The van der Waals surface area contributed by atoms with Crippen molar-refractivity contribution in [2.45, 2.75) is 31.7 Å². The number of hydrogen-bond donors (Lipinski definition) is 1. The van der Waals surface area contributed by atoms with Gasteiger partial charge in [-0.05, 0) is 84.1 Å². The average molecular weight is 413 g/mol. The number of nitrogens with one attached hydrogen (secondary N) is 1. The third kappa shape index (κ3) is 3.79. The molecule has 0 spiro atoms. The lowest BCUT2D eigenvalue weighted by Gasteiger charge is -2.23. The Balaban J connectivity index is 1.58. The normalized spacial score (nSPS) is 17.5. The van der Waals surface area contributed by atoms with Crippen molar-refractivity contribution in [1.29, 1.82) is 0 Å². The van der Waals surface area contributed by atoms with Gasteiger partial charge in [0.2, 0.25) is 0 Å². The standard InChI is InChI=1S/C17H20INOS/c1-20-13-5-2-4-12(10-13)8-9-19-15-6-3-7-16-14(15)11-17(18)21-16/h2,4-5,10-11,15,19H,3,6-9H2,1H3. The summed E-state index contributed by atoms with van der Waals surface area (Å²) in [5.74, 6) is 0.944. The second-order valence-corrected chi connectivity index (χ2v) is 8.46. The molecule has 0 radical (unpaired) electrons. The topological polar surface area (TPSA) is 21.3 Å². The first-order chi connectivity index (χ1) is 10.3. The van der Waals surface area contributed by atoms with Crippen LogP contribution in [0.4, 0.5) is 0 Å². The van der Waals surface area contributed by atoms with Crippen LogP contribution in [0.3, 0.4) is 0 Å². The van der Waals surface area contributed by atoms with E-state index in [1.165, 1.54) is 27.7 Å². The molecule has 1 N–H and O–H groups in total. The van der Waals surface area contributed by atoms with Crippen LogP contribution >= 0.6 is 33.9 Å². The number of ether oxygens (including phenoxy) is 1. The Kier molecular flexibility index (Phi) is 5.19. The average Bonchev–Trinajstić information content (AvgIpc) is 2.88. The summed E-state index contributed by atoms with van der Waals surface area (Å²) in [4.78, 5) is 1.59. The maximum absolute atomic E-state index is 5.28. The van der Waals surface area contributed by atoms with Crippen LogP contribution in [0.2, 0.25) is 0 Å². The quantitative estimate of drug-likeness (QED) is 0.726. The molecule has 3 rings (SSSR count). The Hall–Kier alpha value is -0.590. The molecule has 1 heterocycles. The van der Waals surface area contributed by atoms with Gasteiger partial charge in [0.25, 0.3) is 0 Å². The third-order valence-corrected chi connectivity index (χ3v) is 5.99. The molecule has 0 fully saturated rings.